The molecule has 0 heterocycles. The fraction of sp³-hybridized carbons (Fsp3) is 0.900. The third-order valence-electron chi connectivity index (χ3n) is 2.14. The summed E-state index contributed by atoms with van der Waals surface area (Å²) in [4.78, 5) is 13.4. The van der Waals surface area contributed by atoms with E-state index < -0.39 is 0 Å². The first-order chi connectivity index (χ1) is 6.65. The van der Waals surface area contributed by atoms with Gasteiger partial charge in [-0.05, 0) is 18.9 Å². The standard InChI is InChI=1S/C10H22N2O2/c1-3-4-12(5-6-13)10(14)7-9(2)8-11/h9,13H,3-8,11H2,1-2H3. The Morgan fingerprint density at radius 1 is 1.50 bits per heavy atom. The van der Waals surface area contributed by atoms with Crippen molar-refractivity contribution in [2.45, 2.75) is 26.7 Å². The molecule has 0 saturated carbocycles. The molecule has 4 heteroatoms. The predicted octanol–water partition coefficient (Wildman–Crippen LogP) is 0.202. The third-order valence-corrected chi connectivity index (χ3v) is 2.14. The van der Waals surface area contributed by atoms with Crippen molar-refractivity contribution in [3.63, 3.8) is 0 Å². The monoisotopic (exact) mass is 202 g/mol. The summed E-state index contributed by atoms with van der Waals surface area (Å²) in [5.41, 5.74) is 5.45. The fourth-order valence-electron chi connectivity index (χ4n) is 1.26. The molecule has 0 spiro atoms. The van der Waals surface area contributed by atoms with Gasteiger partial charge in [0.25, 0.3) is 0 Å². The first-order valence-corrected chi connectivity index (χ1v) is 5.24. The summed E-state index contributed by atoms with van der Waals surface area (Å²) in [5, 5.41) is 8.78. The summed E-state index contributed by atoms with van der Waals surface area (Å²) in [6, 6.07) is 0. The highest BCUT2D eigenvalue weighted by Crippen LogP contribution is 2.04. The van der Waals surface area contributed by atoms with Crippen LogP contribution in [0, 0.1) is 5.92 Å². The molecule has 1 atom stereocenters. The number of hydrogen-bond donors (Lipinski definition) is 2. The zero-order chi connectivity index (χ0) is 11.0. The van der Waals surface area contributed by atoms with Gasteiger partial charge in [-0.3, -0.25) is 4.79 Å². The third kappa shape index (κ3) is 5.19. The van der Waals surface area contributed by atoms with Crippen molar-refractivity contribution in [3.8, 4) is 0 Å². The molecule has 1 unspecified atom stereocenters. The number of aliphatic hydroxyl groups excluding tert-OH is 1. The normalized spacial score (nSPS) is 12.6. The summed E-state index contributed by atoms with van der Waals surface area (Å²) in [6.45, 7) is 5.69. The number of carbonyl (C=O) groups excluding carboxylic acids is 1. The second kappa shape index (κ2) is 7.76. The van der Waals surface area contributed by atoms with Gasteiger partial charge in [0.05, 0.1) is 6.61 Å². The molecule has 0 aromatic rings. The minimum Gasteiger partial charge on any atom is -0.395 e. The van der Waals surface area contributed by atoms with Crippen LogP contribution in [0.5, 0.6) is 0 Å². The molecule has 0 aliphatic heterocycles. The number of amides is 1. The van der Waals surface area contributed by atoms with E-state index in [-0.39, 0.29) is 18.4 Å². The Kier molecular flexibility index (Phi) is 7.42. The second-order valence-corrected chi connectivity index (χ2v) is 3.65. The van der Waals surface area contributed by atoms with Crippen molar-refractivity contribution >= 4 is 5.91 Å². The van der Waals surface area contributed by atoms with Crippen molar-refractivity contribution in [2.24, 2.45) is 11.7 Å². The van der Waals surface area contributed by atoms with Gasteiger partial charge in [-0.2, -0.15) is 0 Å². The summed E-state index contributed by atoms with van der Waals surface area (Å²) in [7, 11) is 0. The molecule has 0 aromatic heterocycles. The Bertz CT molecular complexity index is 156. The molecule has 1 amide bonds. The predicted molar refractivity (Wildman–Crippen MR) is 56.8 cm³/mol. The molecule has 0 aliphatic rings. The van der Waals surface area contributed by atoms with Crippen molar-refractivity contribution < 1.29 is 9.90 Å². The van der Waals surface area contributed by atoms with Crippen LogP contribution in [-0.4, -0.2) is 42.2 Å². The summed E-state index contributed by atoms with van der Waals surface area (Å²) in [5.74, 6) is 0.319. The van der Waals surface area contributed by atoms with E-state index in [4.69, 9.17) is 10.8 Å². The van der Waals surface area contributed by atoms with Crippen molar-refractivity contribution in [3.05, 3.63) is 0 Å². The minimum atomic E-state index is 0.0305. The van der Waals surface area contributed by atoms with Gasteiger partial charge in [-0.15, -0.1) is 0 Å². The van der Waals surface area contributed by atoms with E-state index in [1.165, 1.54) is 0 Å². The van der Waals surface area contributed by atoms with Crippen LogP contribution in [0.15, 0.2) is 0 Å². The number of carbonyl (C=O) groups is 1. The lowest BCUT2D eigenvalue weighted by atomic mass is 10.1. The fourth-order valence-corrected chi connectivity index (χ4v) is 1.26. The summed E-state index contributed by atoms with van der Waals surface area (Å²) >= 11 is 0. The van der Waals surface area contributed by atoms with Gasteiger partial charge >= 0.3 is 0 Å². The summed E-state index contributed by atoms with van der Waals surface area (Å²) < 4.78 is 0. The Balaban J connectivity index is 4.00. The van der Waals surface area contributed by atoms with Crippen molar-refractivity contribution in [1.29, 1.82) is 0 Å². The lowest BCUT2D eigenvalue weighted by molar-refractivity contribution is -0.132. The average Bonchev–Trinajstić information content (AvgIpc) is 2.17. The van der Waals surface area contributed by atoms with Crippen molar-refractivity contribution in [2.75, 3.05) is 26.2 Å². The Labute approximate surface area is 86.1 Å². The molecule has 0 rings (SSSR count). The topological polar surface area (TPSA) is 66.6 Å². The number of nitrogens with zero attached hydrogens (tertiary/aromatic N) is 1. The number of hydrogen-bond acceptors (Lipinski definition) is 3. The minimum absolute atomic E-state index is 0.0305. The molecule has 0 saturated heterocycles. The van der Waals surface area contributed by atoms with Gasteiger partial charge in [-0.25, -0.2) is 0 Å². The van der Waals surface area contributed by atoms with E-state index in [0.29, 0.717) is 19.5 Å². The lowest BCUT2D eigenvalue weighted by Gasteiger charge is -2.22. The Hall–Kier alpha value is -0.610. The SMILES string of the molecule is CCCN(CCO)C(=O)CC(C)CN. The molecule has 0 fully saturated rings. The Morgan fingerprint density at radius 2 is 2.14 bits per heavy atom. The van der Waals surface area contributed by atoms with Gasteiger partial charge in [0.1, 0.15) is 0 Å². The molecule has 14 heavy (non-hydrogen) atoms. The van der Waals surface area contributed by atoms with E-state index in [2.05, 4.69) is 0 Å². The van der Waals surface area contributed by atoms with Gasteiger partial charge in [0.15, 0.2) is 0 Å². The van der Waals surface area contributed by atoms with E-state index in [0.717, 1.165) is 13.0 Å². The van der Waals surface area contributed by atoms with Crippen LogP contribution in [0.2, 0.25) is 0 Å². The number of rotatable bonds is 7. The van der Waals surface area contributed by atoms with Gasteiger partial charge < -0.3 is 15.7 Å². The van der Waals surface area contributed by atoms with E-state index in [1.54, 1.807) is 4.90 Å². The highest BCUT2D eigenvalue weighted by molar-refractivity contribution is 5.76. The maximum absolute atomic E-state index is 11.7. The molecular formula is C10H22N2O2. The van der Waals surface area contributed by atoms with Crippen LogP contribution in [-0.2, 0) is 4.79 Å². The van der Waals surface area contributed by atoms with Crippen LogP contribution in [0.3, 0.4) is 0 Å². The maximum Gasteiger partial charge on any atom is 0.222 e. The van der Waals surface area contributed by atoms with Crippen LogP contribution < -0.4 is 5.73 Å². The van der Waals surface area contributed by atoms with E-state index in [9.17, 15) is 4.79 Å². The van der Waals surface area contributed by atoms with E-state index in [1.807, 2.05) is 13.8 Å². The maximum atomic E-state index is 11.7. The van der Waals surface area contributed by atoms with Crippen LogP contribution in [0.25, 0.3) is 0 Å². The molecule has 0 bridgehead atoms. The number of nitrogens with two attached hydrogens (primary N) is 1. The lowest BCUT2D eigenvalue weighted by Crippen LogP contribution is -2.35. The van der Waals surface area contributed by atoms with Crippen LogP contribution in [0.1, 0.15) is 26.7 Å². The van der Waals surface area contributed by atoms with Crippen LogP contribution >= 0.6 is 0 Å². The first-order valence-electron chi connectivity index (χ1n) is 5.24. The molecule has 0 aliphatic carbocycles. The number of aliphatic hydroxyl groups is 1. The van der Waals surface area contributed by atoms with Crippen LogP contribution in [0.4, 0.5) is 0 Å². The summed E-state index contributed by atoms with van der Waals surface area (Å²) in [6.07, 6.45) is 1.40. The highest BCUT2D eigenvalue weighted by atomic mass is 16.3. The average molecular weight is 202 g/mol. The van der Waals surface area contributed by atoms with Gasteiger partial charge in [-0.1, -0.05) is 13.8 Å². The zero-order valence-corrected chi connectivity index (χ0v) is 9.20. The smallest absolute Gasteiger partial charge is 0.222 e. The van der Waals surface area contributed by atoms with Gasteiger partial charge in [0.2, 0.25) is 5.91 Å². The van der Waals surface area contributed by atoms with Gasteiger partial charge in [0, 0.05) is 19.5 Å². The second-order valence-electron chi connectivity index (χ2n) is 3.65. The first kappa shape index (κ1) is 13.4. The molecule has 84 valence electrons. The molecule has 4 nitrogen and oxygen atoms in total. The van der Waals surface area contributed by atoms with Crippen molar-refractivity contribution in [1.82, 2.24) is 4.90 Å². The highest BCUT2D eigenvalue weighted by Gasteiger charge is 2.14. The molecule has 3 N–H and O–H groups in total. The zero-order valence-electron chi connectivity index (χ0n) is 9.20. The molecular weight excluding hydrogens is 180 g/mol. The van der Waals surface area contributed by atoms with E-state index >= 15 is 0 Å². The molecule has 0 aromatic carbocycles. The molecule has 0 radical (unpaired) electrons. The quantitative estimate of drug-likeness (QED) is 0.620. The Morgan fingerprint density at radius 3 is 2.57 bits per heavy atom. The largest absolute Gasteiger partial charge is 0.395 e.